The highest BCUT2D eigenvalue weighted by Gasteiger charge is 2.31. The first-order chi connectivity index (χ1) is 19.6. The van der Waals surface area contributed by atoms with E-state index in [0.717, 1.165) is 14.6 Å². The normalized spacial score (nSPS) is 12.5. The molecule has 0 spiro atoms. The van der Waals surface area contributed by atoms with Gasteiger partial charge in [-0.3, -0.25) is 9.89 Å². The highest BCUT2D eigenvalue weighted by Crippen LogP contribution is 2.40. The zero-order chi connectivity index (χ0) is 29.4. The molecule has 41 heavy (non-hydrogen) atoms. The van der Waals surface area contributed by atoms with E-state index >= 15 is 0 Å². The molecule has 1 heterocycles. The van der Waals surface area contributed by atoms with E-state index in [-0.39, 0.29) is 11.5 Å². The van der Waals surface area contributed by atoms with Crippen molar-refractivity contribution in [3.05, 3.63) is 105 Å². The van der Waals surface area contributed by atoms with Crippen molar-refractivity contribution in [3.8, 4) is 5.75 Å². The summed E-state index contributed by atoms with van der Waals surface area (Å²) in [6.07, 6.45) is -2.23. The minimum absolute atomic E-state index is 0.0818. The van der Waals surface area contributed by atoms with Gasteiger partial charge in [-0.25, -0.2) is 0 Å². The summed E-state index contributed by atoms with van der Waals surface area (Å²) in [5, 5.41) is 11.2. The van der Waals surface area contributed by atoms with Gasteiger partial charge in [-0.2, -0.15) is 18.3 Å². The second-order valence-electron chi connectivity index (χ2n) is 9.50. The maximum absolute atomic E-state index is 13.9. The van der Waals surface area contributed by atoms with E-state index in [1.54, 1.807) is 74.8 Å². The first-order valence-electron chi connectivity index (χ1n) is 12.9. The van der Waals surface area contributed by atoms with Crippen LogP contribution in [0.4, 0.5) is 13.2 Å². The van der Waals surface area contributed by atoms with E-state index in [0.29, 0.717) is 47.7 Å². The Labute approximate surface area is 250 Å². The summed E-state index contributed by atoms with van der Waals surface area (Å²) in [4.78, 5) is 13.0. The third-order valence-electron chi connectivity index (χ3n) is 6.26. The summed E-state index contributed by atoms with van der Waals surface area (Å²) in [5.74, 6) is 0.520. The lowest BCUT2D eigenvalue weighted by Gasteiger charge is -2.19. The molecule has 4 aromatic rings. The predicted octanol–water partition coefficient (Wildman–Crippen LogP) is 6.69. The van der Waals surface area contributed by atoms with Crippen LogP contribution in [0.25, 0.3) is 22.0 Å². The lowest BCUT2D eigenvalue weighted by Crippen LogP contribution is -2.22. The fraction of sp³-hybridized carbons (Fsp3) is 0.226. The first-order valence-corrected chi connectivity index (χ1v) is 14.0. The zero-order valence-corrected chi connectivity index (χ0v) is 24.8. The Morgan fingerprint density at radius 3 is 2.41 bits per heavy atom. The first kappa shape index (κ1) is 30.3. The van der Waals surface area contributed by atoms with Gasteiger partial charge in [0.25, 0.3) is 0 Å². The molecule has 3 aromatic carbocycles. The van der Waals surface area contributed by atoms with Crippen LogP contribution >= 0.6 is 22.6 Å². The molecule has 4 rings (SSSR count). The van der Waals surface area contributed by atoms with Crippen molar-refractivity contribution in [2.24, 2.45) is 0 Å². The van der Waals surface area contributed by atoms with Gasteiger partial charge < -0.3 is 15.0 Å². The van der Waals surface area contributed by atoms with Gasteiger partial charge >= 0.3 is 6.18 Å². The number of carbonyl (C=O) groups excluding carboxylic acids is 1. The topological polar surface area (TPSA) is 70.2 Å². The monoisotopic (exact) mass is 674 g/mol. The number of amides is 1. The number of nitrogens with zero attached hydrogens (tertiary/aromatic N) is 2. The van der Waals surface area contributed by atoms with E-state index < -0.39 is 12.6 Å². The van der Waals surface area contributed by atoms with Gasteiger partial charge in [0.05, 0.1) is 11.9 Å². The lowest BCUT2D eigenvalue weighted by molar-refractivity contribution is -0.124. The maximum atomic E-state index is 13.9. The molecule has 0 saturated heterocycles. The molecular formula is C31H30F3IN4O2. The Morgan fingerprint density at radius 2 is 1.73 bits per heavy atom. The number of benzene rings is 3. The molecule has 0 unspecified atom stereocenters. The minimum Gasteiger partial charge on any atom is -0.492 e. The molecule has 0 aliphatic heterocycles. The quantitative estimate of drug-likeness (QED) is 0.0806. The molecular weight excluding hydrogens is 644 g/mol. The Balaban J connectivity index is 1.61. The number of allylic oxidation sites excluding steroid dienone is 1. The number of carbonyl (C=O) groups is 1. The number of hydrogen-bond donors (Lipinski definition) is 2. The Kier molecular flexibility index (Phi) is 10.2. The van der Waals surface area contributed by atoms with Crippen LogP contribution in [-0.2, 0) is 4.79 Å². The average molecular weight is 675 g/mol. The summed E-state index contributed by atoms with van der Waals surface area (Å²) in [7, 11) is 3.38. The van der Waals surface area contributed by atoms with E-state index in [4.69, 9.17) is 4.74 Å². The van der Waals surface area contributed by atoms with Crippen molar-refractivity contribution >= 4 is 50.5 Å². The van der Waals surface area contributed by atoms with Gasteiger partial charge in [0.15, 0.2) is 0 Å². The van der Waals surface area contributed by atoms with Crippen molar-refractivity contribution in [2.45, 2.75) is 12.6 Å². The van der Waals surface area contributed by atoms with Crippen LogP contribution in [0.15, 0.2) is 84.9 Å². The molecule has 0 radical (unpaired) electrons. The Bertz CT molecular complexity index is 1530. The highest BCUT2D eigenvalue weighted by molar-refractivity contribution is 14.1. The van der Waals surface area contributed by atoms with Crippen LogP contribution in [0.5, 0.6) is 5.75 Å². The number of likely N-dealkylation sites (N-methyl/N-ethyl adjacent to an activating group) is 1. The third kappa shape index (κ3) is 8.43. The average Bonchev–Trinajstić information content (AvgIpc) is 3.32. The number of hydrogen-bond acceptors (Lipinski definition) is 4. The Morgan fingerprint density at radius 1 is 1.02 bits per heavy atom. The highest BCUT2D eigenvalue weighted by atomic mass is 127. The van der Waals surface area contributed by atoms with Crippen LogP contribution in [0.3, 0.4) is 0 Å². The summed E-state index contributed by atoms with van der Waals surface area (Å²) < 4.78 is 48.4. The van der Waals surface area contributed by atoms with Crippen LogP contribution in [0.2, 0.25) is 0 Å². The molecule has 1 amide bonds. The molecule has 1 aromatic heterocycles. The van der Waals surface area contributed by atoms with Crippen LogP contribution in [0.1, 0.15) is 23.1 Å². The van der Waals surface area contributed by atoms with Gasteiger partial charge in [-0.1, -0.05) is 54.6 Å². The molecule has 6 nitrogen and oxygen atoms in total. The number of ether oxygens (including phenoxy) is 1. The number of halogens is 4. The fourth-order valence-electron chi connectivity index (χ4n) is 4.28. The number of aromatic amines is 1. The van der Waals surface area contributed by atoms with E-state index in [9.17, 15) is 18.0 Å². The van der Waals surface area contributed by atoms with Crippen molar-refractivity contribution in [2.75, 3.05) is 33.8 Å². The summed E-state index contributed by atoms with van der Waals surface area (Å²) >= 11 is 2.11. The minimum atomic E-state index is -4.41. The number of rotatable bonds is 11. The largest absolute Gasteiger partial charge is 0.492 e. The summed E-state index contributed by atoms with van der Waals surface area (Å²) in [5.41, 5.74) is 3.32. The van der Waals surface area contributed by atoms with Crippen LogP contribution < -0.4 is 10.1 Å². The van der Waals surface area contributed by atoms with E-state index in [2.05, 4.69) is 38.1 Å². The van der Waals surface area contributed by atoms with Crippen molar-refractivity contribution in [3.63, 3.8) is 0 Å². The zero-order valence-electron chi connectivity index (χ0n) is 22.6. The fourth-order valence-corrected chi connectivity index (χ4v) is 4.85. The number of H-pyrrole nitrogens is 1. The maximum Gasteiger partial charge on any atom is 0.393 e. The molecule has 0 aliphatic carbocycles. The lowest BCUT2D eigenvalue weighted by atomic mass is 9.87. The summed E-state index contributed by atoms with van der Waals surface area (Å²) in [6.45, 7) is 1.47. The van der Waals surface area contributed by atoms with Crippen molar-refractivity contribution in [1.82, 2.24) is 20.4 Å². The Hall–Kier alpha value is -3.64. The molecule has 10 heteroatoms. The molecule has 0 aliphatic rings. The van der Waals surface area contributed by atoms with Crippen LogP contribution in [0, 0.1) is 3.70 Å². The third-order valence-corrected chi connectivity index (χ3v) is 7.08. The van der Waals surface area contributed by atoms with Gasteiger partial charge in [-0.15, -0.1) is 0 Å². The van der Waals surface area contributed by atoms with E-state index in [1.165, 1.54) is 11.0 Å². The molecule has 0 bridgehead atoms. The van der Waals surface area contributed by atoms with Gasteiger partial charge in [0.1, 0.15) is 16.1 Å². The molecule has 0 saturated carbocycles. The smallest absolute Gasteiger partial charge is 0.393 e. The van der Waals surface area contributed by atoms with Crippen molar-refractivity contribution in [1.29, 1.82) is 0 Å². The number of nitrogens with one attached hydrogen (secondary N) is 2. The van der Waals surface area contributed by atoms with Crippen LogP contribution in [-0.4, -0.2) is 61.0 Å². The van der Waals surface area contributed by atoms with Gasteiger partial charge in [0, 0.05) is 38.6 Å². The number of fused-ring (bicyclic) bond motifs is 1. The summed E-state index contributed by atoms with van der Waals surface area (Å²) in [6, 6.07) is 21.3. The molecule has 0 atom stereocenters. The second kappa shape index (κ2) is 13.8. The second-order valence-corrected chi connectivity index (χ2v) is 10.5. The standard InChI is InChI=1S/C31H30F3IN4O2/c1-39(2)28(40)9-6-16-36-17-18-41-24-13-10-22(11-14-24)29(23-12-15-27-25(19-23)30(35)38-37-27)26(20-31(32,33)34)21-7-4-3-5-8-21/h3-15,19,36H,16-18,20H2,1-2H3,(H,37,38)/b9-6+,29-26+. The van der Waals surface area contributed by atoms with Gasteiger partial charge in [-0.05, 0) is 74.7 Å². The predicted molar refractivity (Wildman–Crippen MR) is 164 cm³/mol. The molecule has 2 N–H and O–H groups in total. The molecule has 214 valence electrons. The van der Waals surface area contributed by atoms with Crippen molar-refractivity contribution < 1.29 is 22.7 Å². The van der Waals surface area contributed by atoms with E-state index in [1.807, 2.05) is 18.2 Å². The molecule has 0 fully saturated rings. The number of alkyl halides is 3. The van der Waals surface area contributed by atoms with Gasteiger partial charge in [0.2, 0.25) is 5.91 Å². The number of aromatic nitrogens is 2. The SMILES string of the molecule is CN(C)C(=O)/C=C/CNCCOc1ccc(/C(=C(/CC(F)(F)F)c2ccccc2)c2ccc3[nH]nc(I)c3c2)cc1.